The molecule has 0 fully saturated rings. The average Bonchev–Trinajstić information content (AvgIpc) is 2.51. The van der Waals surface area contributed by atoms with Crippen LogP contribution in [0.25, 0.3) is 0 Å². The van der Waals surface area contributed by atoms with Gasteiger partial charge in [-0.2, -0.15) is 8.42 Å². The normalized spacial score (nSPS) is 10.5. The maximum absolute atomic E-state index is 10.7. The van der Waals surface area contributed by atoms with Crippen LogP contribution in [-0.4, -0.2) is 32.4 Å². The van der Waals surface area contributed by atoms with Gasteiger partial charge in [0.15, 0.2) is 7.05 Å². The van der Waals surface area contributed by atoms with Crippen molar-refractivity contribution < 1.29 is 25.3 Å². The summed E-state index contributed by atoms with van der Waals surface area (Å²) < 4.78 is 52.0. The van der Waals surface area contributed by atoms with Crippen LogP contribution < -0.4 is 5.73 Å². The quantitative estimate of drug-likeness (QED) is 0.445. The minimum absolute atomic E-state index is 0.281. The summed E-state index contributed by atoms with van der Waals surface area (Å²) in [7, 11) is -5.34. The zero-order valence-corrected chi connectivity index (χ0v) is 15.4. The predicted molar refractivity (Wildman–Crippen MR) is 91.9 cm³/mol. The number of rotatable bonds is 2. The lowest BCUT2D eigenvalue weighted by atomic mass is 10.3. The molecule has 0 aliphatic rings. The van der Waals surface area contributed by atoms with Crippen LogP contribution in [0.1, 0.15) is 0 Å². The van der Waals surface area contributed by atoms with Crippen molar-refractivity contribution in [2.75, 3.05) is 12.8 Å². The lowest BCUT2D eigenvalue weighted by Gasteiger charge is -1.96. The molecule has 0 atom stereocenters. The third kappa shape index (κ3) is 5.77. The number of para-hydroxylation sites is 1. The van der Waals surface area contributed by atoms with Gasteiger partial charge >= 0.3 is 10.5 Å². The monoisotopic (exact) mass is 411 g/mol. The van der Waals surface area contributed by atoms with Crippen LogP contribution in [0.4, 0.5) is 11.4 Å². The van der Waals surface area contributed by atoms with Gasteiger partial charge in [-0.15, -0.1) is 8.42 Å². The highest BCUT2D eigenvalue weighted by molar-refractivity contribution is 7.85. The van der Waals surface area contributed by atoms with Crippen molar-refractivity contribution in [1.29, 1.82) is 0 Å². The molecule has 0 aliphatic carbocycles. The number of nitrogen functional groups attached to an aromatic ring is 1. The molecule has 0 amide bonds. The summed E-state index contributed by atoms with van der Waals surface area (Å²) in [6, 6.07) is 9.94. The van der Waals surface area contributed by atoms with Gasteiger partial charge in [0, 0.05) is 12.1 Å². The minimum Gasteiger partial charge on any atom is -0.396 e. The van der Waals surface area contributed by atoms with Crippen molar-refractivity contribution in [3.63, 3.8) is 0 Å². The molecule has 3 N–H and O–H groups in total. The molecule has 0 aromatic heterocycles. The van der Waals surface area contributed by atoms with Gasteiger partial charge in [-0.25, -0.2) is 0 Å². The van der Waals surface area contributed by atoms with Gasteiger partial charge in [-0.05, 0) is 24.3 Å². The highest BCUT2D eigenvalue weighted by atomic mass is 35.5. The Hall–Kier alpha value is -1.65. The summed E-state index contributed by atoms with van der Waals surface area (Å²) in [5.41, 5.74) is 6.16. The molecular weight excluding hydrogens is 399 g/mol. The smallest absolute Gasteiger partial charge is 0.396 e. The lowest BCUT2D eigenvalue weighted by Crippen LogP contribution is -1.99. The van der Waals surface area contributed by atoms with Crippen LogP contribution >= 0.6 is 23.2 Å². The number of hydrogen-bond donors (Lipinski definition) is 2. The molecule has 2 aromatic rings. The Balaban J connectivity index is 0.000000272. The maximum atomic E-state index is 10.7. The Bertz CT molecular complexity index is 944. The van der Waals surface area contributed by atoms with Crippen molar-refractivity contribution in [3.05, 3.63) is 52.5 Å². The molecule has 24 heavy (non-hydrogen) atoms. The van der Waals surface area contributed by atoms with Gasteiger partial charge in [-0.3, -0.25) is 4.55 Å². The number of nitrogens with zero attached hydrogens (tertiary/aromatic N) is 1. The third-order valence-corrected chi connectivity index (χ3v) is 4.91. The number of anilines is 1. The fourth-order valence-corrected chi connectivity index (χ4v) is 2.60. The van der Waals surface area contributed by atoms with E-state index in [4.69, 9.17) is 33.5 Å². The summed E-state index contributed by atoms with van der Waals surface area (Å²) in [4.78, 5) is -0.281. The van der Waals surface area contributed by atoms with Gasteiger partial charge in [0.25, 0.3) is 10.1 Å². The molecule has 11 heteroatoms. The lowest BCUT2D eigenvalue weighted by molar-refractivity contribution is -0.377. The second-order valence-electron chi connectivity index (χ2n) is 4.32. The van der Waals surface area contributed by atoms with Crippen LogP contribution in [0.3, 0.4) is 0 Å². The molecule has 130 valence electrons. The maximum Gasteiger partial charge on any atom is 0.464 e. The van der Waals surface area contributed by atoms with Crippen LogP contribution in [0.2, 0.25) is 10.0 Å². The zero-order valence-electron chi connectivity index (χ0n) is 12.2. The van der Waals surface area contributed by atoms with E-state index < -0.39 is 20.6 Å². The van der Waals surface area contributed by atoms with E-state index in [1.165, 1.54) is 19.2 Å². The molecule has 0 bridgehead atoms. The van der Waals surface area contributed by atoms with Crippen molar-refractivity contribution in [2.24, 2.45) is 0 Å². The van der Waals surface area contributed by atoms with Gasteiger partial charge < -0.3 is 5.73 Å². The first kappa shape index (κ1) is 20.4. The Morgan fingerprint density at radius 1 is 1.04 bits per heavy atom. The molecule has 0 heterocycles. The van der Waals surface area contributed by atoms with Crippen molar-refractivity contribution in [1.82, 2.24) is 0 Å². The molecule has 2 rings (SSSR count). The summed E-state index contributed by atoms with van der Waals surface area (Å²) in [6.07, 6.45) is 0. The summed E-state index contributed by atoms with van der Waals surface area (Å²) in [5, 5.41) is 1.00. The molecule has 0 radical (unpaired) electrons. The van der Waals surface area contributed by atoms with E-state index >= 15 is 0 Å². The topological polar surface area (TPSA) is 118 Å². The SMILES string of the molecule is C[N+](c1ccc(S(=O)(=O)O)cc1)=S(=O)=O.Nc1c(Cl)cccc1Cl. The molecule has 0 aliphatic heterocycles. The number of nitrogens with two attached hydrogens (primary N) is 1. The summed E-state index contributed by atoms with van der Waals surface area (Å²) >= 11 is 11.2. The fraction of sp³-hybridized carbons (Fsp3) is 0.0769. The van der Waals surface area contributed by atoms with Crippen LogP contribution in [0.15, 0.2) is 47.4 Å². The van der Waals surface area contributed by atoms with Crippen molar-refractivity contribution >= 4 is 55.2 Å². The molecular formula is C13H13Cl2N2O5S2+. The molecule has 7 nitrogen and oxygen atoms in total. The largest absolute Gasteiger partial charge is 0.464 e. The molecule has 2 aromatic carbocycles. The van der Waals surface area contributed by atoms with Gasteiger partial charge in [0.1, 0.15) is 0 Å². The van der Waals surface area contributed by atoms with Crippen molar-refractivity contribution in [3.8, 4) is 0 Å². The van der Waals surface area contributed by atoms with Gasteiger partial charge in [-0.1, -0.05) is 33.2 Å². The first-order chi connectivity index (χ1) is 11.0. The molecule has 0 spiro atoms. The van der Waals surface area contributed by atoms with E-state index in [0.717, 1.165) is 16.1 Å². The van der Waals surface area contributed by atoms with E-state index in [0.29, 0.717) is 21.4 Å². The molecule has 0 unspecified atom stereocenters. The van der Waals surface area contributed by atoms with Gasteiger partial charge in [0.2, 0.25) is 5.69 Å². The zero-order chi connectivity index (χ0) is 18.5. The Morgan fingerprint density at radius 3 is 1.83 bits per heavy atom. The standard InChI is InChI=1S/C7H7NO5S2.C6H5Cl2N/c1-8(14(9)10)6-2-4-7(5-3-6)15(11,12)13;7-4-2-1-3-5(8)6(4)9/h2-5H,1H3;1-3H,9H2/p+1. The van der Waals surface area contributed by atoms with E-state index in [2.05, 4.69) is 0 Å². The predicted octanol–water partition coefficient (Wildman–Crippen LogP) is 2.85. The highest BCUT2D eigenvalue weighted by Gasteiger charge is 2.12. The Labute approximate surface area is 150 Å². The molecule has 0 saturated heterocycles. The fourth-order valence-electron chi connectivity index (χ4n) is 1.42. The second-order valence-corrected chi connectivity index (χ2v) is 7.54. The van der Waals surface area contributed by atoms with Crippen LogP contribution in [0.5, 0.6) is 0 Å². The average molecular weight is 412 g/mol. The Morgan fingerprint density at radius 2 is 1.50 bits per heavy atom. The van der Waals surface area contributed by atoms with E-state index in [-0.39, 0.29) is 4.90 Å². The summed E-state index contributed by atoms with van der Waals surface area (Å²) in [6.45, 7) is 0. The highest BCUT2D eigenvalue weighted by Crippen LogP contribution is 2.25. The first-order valence-electron chi connectivity index (χ1n) is 6.14. The van der Waals surface area contributed by atoms with Crippen LogP contribution in [-0.2, 0) is 20.6 Å². The minimum atomic E-state index is -4.24. The summed E-state index contributed by atoms with van der Waals surface area (Å²) in [5.74, 6) is 0. The van der Waals surface area contributed by atoms with E-state index in [1.54, 1.807) is 18.2 Å². The third-order valence-electron chi connectivity index (χ3n) is 2.72. The Kier molecular flexibility index (Phi) is 7.18. The number of hydrogen-bond acceptors (Lipinski definition) is 5. The number of benzene rings is 2. The van der Waals surface area contributed by atoms with Crippen LogP contribution in [0, 0.1) is 0 Å². The van der Waals surface area contributed by atoms with E-state index in [9.17, 15) is 16.8 Å². The second kappa shape index (κ2) is 8.45. The number of halogens is 2. The van der Waals surface area contributed by atoms with Crippen molar-refractivity contribution in [2.45, 2.75) is 4.90 Å². The molecule has 0 saturated carbocycles. The van der Waals surface area contributed by atoms with Gasteiger partial charge in [0.05, 0.1) is 20.6 Å². The first-order valence-corrected chi connectivity index (χ1v) is 9.37. The van der Waals surface area contributed by atoms with E-state index in [1.807, 2.05) is 0 Å².